The van der Waals surface area contributed by atoms with Gasteiger partial charge in [0.2, 0.25) is 0 Å². The standard InChI is InChI=1S/C21H32N6S.HI/c1-4-22-21(25-16-19-8-6-17(3)28-19)24-15-18-7-9-20(23-14-18)27-12-10-26(5-2)11-13-27;/h6-9,14H,4-5,10-13,15-16H2,1-3H3,(H2,22,24,25);1H. The fraction of sp³-hybridized carbons (Fsp3) is 0.524. The maximum Gasteiger partial charge on any atom is 0.191 e. The van der Waals surface area contributed by atoms with Gasteiger partial charge in [0.15, 0.2) is 5.96 Å². The molecule has 160 valence electrons. The first kappa shape index (κ1) is 23.9. The smallest absolute Gasteiger partial charge is 0.191 e. The maximum absolute atomic E-state index is 4.71. The molecule has 0 saturated carbocycles. The van der Waals surface area contributed by atoms with E-state index in [1.54, 1.807) is 0 Å². The normalized spacial score (nSPS) is 15.1. The molecule has 3 rings (SSSR count). The number of hydrogen-bond acceptors (Lipinski definition) is 5. The summed E-state index contributed by atoms with van der Waals surface area (Å²) in [4.78, 5) is 16.9. The molecule has 0 bridgehead atoms. The van der Waals surface area contributed by atoms with E-state index < -0.39 is 0 Å². The number of rotatable bonds is 7. The van der Waals surface area contributed by atoms with Crippen LogP contribution in [0.2, 0.25) is 0 Å². The molecule has 8 heteroatoms. The van der Waals surface area contributed by atoms with Crippen molar-refractivity contribution in [1.29, 1.82) is 0 Å². The zero-order valence-corrected chi connectivity index (χ0v) is 20.8. The molecule has 0 radical (unpaired) electrons. The molecule has 1 fully saturated rings. The van der Waals surface area contributed by atoms with Crippen molar-refractivity contribution >= 4 is 47.1 Å². The molecule has 3 heterocycles. The fourth-order valence-corrected chi connectivity index (χ4v) is 4.08. The minimum atomic E-state index is 0. The predicted octanol–water partition coefficient (Wildman–Crippen LogP) is 3.47. The third kappa shape index (κ3) is 7.42. The zero-order valence-electron chi connectivity index (χ0n) is 17.6. The van der Waals surface area contributed by atoms with Crippen LogP contribution >= 0.6 is 35.3 Å². The number of pyridine rings is 1. The van der Waals surface area contributed by atoms with E-state index in [0.29, 0.717) is 6.54 Å². The Kier molecular flexibility index (Phi) is 10.2. The van der Waals surface area contributed by atoms with Crippen LogP contribution in [-0.4, -0.2) is 55.1 Å². The quantitative estimate of drug-likeness (QED) is 0.328. The molecule has 29 heavy (non-hydrogen) atoms. The highest BCUT2D eigenvalue weighted by molar-refractivity contribution is 14.0. The van der Waals surface area contributed by atoms with Gasteiger partial charge in [0.25, 0.3) is 0 Å². The lowest BCUT2D eigenvalue weighted by Crippen LogP contribution is -2.46. The summed E-state index contributed by atoms with van der Waals surface area (Å²) in [5.74, 6) is 1.91. The summed E-state index contributed by atoms with van der Waals surface area (Å²) in [5, 5.41) is 6.72. The molecule has 1 aliphatic heterocycles. The number of nitrogens with zero attached hydrogens (tertiary/aromatic N) is 4. The van der Waals surface area contributed by atoms with Crippen molar-refractivity contribution in [2.45, 2.75) is 33.9 Å². The second kappa shape index (κ2) is 12.3. The van der Waals surface area contributed by atoms with Crippen molar-refractivity contribution in [3.63, 3.8) is 0 Å². The Balaban J connectivity index is 0.00000300. The summed E-state index contributed by atoms with van der Waals surface area (Å²) in [6.45, 7) is 14.2. The van der Waals surface area contributed by atoms with Gasteiger partial charge in [-0.3, -0.25) is 0 Å². The molecule has 2 aromatic heterocycles. The second-order valence-corrected chi connectivity index (χ2v) is 8.38. The average molecular weight is 529 g/mol. The molecule has 6 nitrogen and oxygen atoms in total. The number of piperazine rings is 1. The average Bonchev–Trinajstić information content (AvgIpc) is 3.16. The Morgan fingerprint density at radius 2 is 1.90 bits per heavy atom. The monoisotopic (exact) mass is 528 g/mol. The highest BCUT2D eigenvalue weighted by Gasteiger charge is 2.16. The van der Waals surface area contributed by atoms with Crippen LogP contribution in [0.25, 0.3) is 0 Å². The maximum atomic E-state index is 4.71. The van der Waals surface area contributed by atoms with Crippen molar-refractivity contribution in [2.24, 2.45) is 4.99 Å². The van der Waals surface area contributed by atoms with Crippen LogP contribution in [0, 0.1) is 6.92 Å². The van der Waals surface area contributed by atoms with Crippen LogP contribution in [0.4, 0.5) is 5.82 Å². The first-order valence-corrected chi connectivity index (χ1v) is 11.0. The molecule has 2 N–H and O–H groups in total. The van der Waals surface area contributed by atoms with E-state index in [0.717, 1.165) is 63.2 Å². The molecule has 0 aromatic carbocycles. The third-order valence-electron chi connectivity index (χ3n) is 4.94. The minimum Gasteiger partial charge on any atom is -0.357 e. The van der Waals surface area contributed by atoms with E-state index in [-0.39, 0.29) is 24.0 Å². The van der Waals surface area contributed by atoms with E-state index in [1.807, 2.05) is 17.5 Å². The minimum absolute atomic E-state index is 0. The van der Waals surface area contributed by atoms with E-state index in [4.69, 9.17) is 4.99 Å². The number of aryl methyl sites for hydroxylation is 1. The molecule has 1 aliphatic rings. The molecule has 1 saturated heterocycles. The van der Waals surface area contributed by atoms with Gasteiger partial charge in [0.1, 0.15) is 5.82 Å². The Hall–Kier alpha value is -1.39. The van der Waals surface area contributed by atoms with Crippen molar-refractivity contribution < 1.29 is 0 Å². The lowest BCUT2D eigenvalue weighted by atomic mass is 10.2. The Morgan fingerprint density at radius 1 is 1.10 bits per heavy atom. The van der Waals surface area contributed by atoms with Crippen LogP contribution in [0.15, 0.2) is 35.5 Å². The fourth-order valence-electron chi connectivity index (χ4n) is 3.25. The Morgan fingerprint density at radius 3 is 2.48 bits per heavy atom. The molecule has 2 aromatic rings. The molecule has 0 unspecified atom stereocenters. The molecular formula is C21H33IN6S. The van der Waals surface area contributed by atoms with Gasteiger partial charge in [-0.1, -0.05) is 13.0 Å². The van der Waals surface area contributed by atoms with Gasteiger partial charge in [0, 0.05) is 48.7 Å². The van der Waals surface area contributed by atoms with E-state index in [1.165, 1.54) is 9.75 Å². The van der Waals surface area contributed by atoms with Gasteiger partial charge in [-0.2, -0.15) is 0 Å². The van der Waals surface area contributed by atoms with Gasteiger partial charge in [-0.05, 0) is 44.2 Å². The van der Waals surface area contributed by atoms with E-state index in [2.05, 4.69) is 70.5 Å². The Bertz CT molecular complexity index is 753. The summed E-state index contributed by atoms with van der Waals surface area (Å²) in [7, 11) is 0. The van der Waals surface area contributed by atoms with E-state index >= 15 is 0 Å². The van der Waals surface area contributed by atoms with Gasteiger partial charge in [0.05, 0.1) is 13.1 Å². The summed E-state index contributed by atoms with van der Waals surface area (Å²) >= 11 is 1.82. The van der Waals surface area contributed by atoms with Crippen molar-refractivity contribution in [1.82, 2.24) is 20.5 Å². The van der Waals surface area contributed by atoms with Crippen LogP contribution in [0.3, 0.4) is 0 Å². The number of aliphatic imine (C=N–C) groups is 1. The number of anilines is 1. The third-order valence-corrected chi connectivity index (χ3v) is 5.94. The SMILES string of the molecule is CCNC(=NCc1ccc(N2CCN(CC)CC2)nc1)NCc1ccc(C)s1.I. The number of hydrogen-bond donors (Lipinski definition) is 2. The number of guanidine groups is 1. The highest BCUT2D eigenvalue weighted by atomic mass is 127. The van der Waals surface area contributed by atoms with Gasteiger partial charge in [-0.15, -0.1) is 35.3 Å². The van der Waals surface area contributed by atoms with Gasteiger partial charge in [-0.25, -0.2) is 9.98 Å². The van der Waals surface area contributed by atoms with Gasteiger partial charge < -0.3 is 20.4 Å². The van der Waals surface area contributed by atoms with Crippen molar-refractivity contribution in [2.75, 3.05) is 44.2 Å². The van der Waals surface area contributed by atoms with E-state index in [9.17, 15) is 0 Å². The lowest BCUT2D eigenvalue weighted by molar-refractivity contribution is 0.270. The summed E-state index contributed by atoms with van der Waals surface area (Å²) in [6, 6.07) is 8.59. The number of halogens is 1. The molecule has 0 atom stereocenters. The van der Waals surface area contributed by atoms with Crippen LogP contribution in [0.5, 0.6) is 0 Å². The Labute approximate surface area is 195 Å². The number of likely N-dealkylation sites (N-methyl/N-ethyl adjacent to an activating group) is 1. The first-order chi connectivity index (χ1) is 13.7. The highest BCUT2D eigenvalue weighted by Crippen LogP contribution is 2.15. The molecule has 0 amide bonds. The number of nitrogens with one attached hydrogen (secondary N) is 2. The van der Waals surface area contributed by atoms with Crippen LogP contribution < -0.4 is 15.5 Å². The van der Waals surface area contributed by atoms with Crippen LogP contribution in [-0.2, 0) is 13.1 Å². The predicted molar refractivity (Wildman–Crippen MR) is 135 cm³/mol. The largest absolute Gasteiger partial charge is 0.357 e. The summed E-state index contributed by atoms with van der Waals surface area (Å²) in [6.07, 6.45) is 1.96. The first-order valence-electron chi connectivity index (χ1n) is 10.2. The molecule has 0 spiro atoms. The topological polar surface area (TPSA) is 55.8 Å². The zero-order chi connectivity index (χ0) is 19.8. The van der Waals surface area contributed by atoms with Crippen molar-refractivity contribution in [3.8, 4) is 0 Å². The summed E-state index contributed by atoms with van der Waals surface area (Å²) in [5.41, 5.74) is 1.13. The number of aromatic nitrogens is 1. The van der Waals surface area contributed by atoms with Crippen molar-refractivity contribution in [3.05, 3.63) is 45.8 Å². The number of thiophene rings is 1. The molecular weight excluding hydrogens is 495 g/mol. The lowest BCUT2D eigenvalue weighted by Gasteiger charge is -2.34. The van der Waals surface area contributed by atoms with Crippen LogP contribution in [0.1, 0.15) is 29.2 Å². The second-order valence-electron chi connectivity index (χ2n) is 7.01. The molecule has 0 aliphatic carbocycles. The van der Waals surface area contributed by atoms with Gasteiger partial charge >= 0.3 is 0 Å². The summed E-state index contributed by atoms with van der Waals surface area (Å²) < 4.78 is 0.